The van der Waals surface area contributed by atoms with E-state index in [9.17, 15) is 8.42 Å². The van der Waals surface area contributed by atoms with Crippen molar-refractivity contribution in [3.05, 3.63) is 66.4 Å². The van der Waals surface area contributed by atoms with Crippen LogP contribution in [-0.4, -0.2) is 25.7 Å². The summed E-state index contributed by atoms with van der Waals surface area (Å²) in [6, 6.07) is 17.1. The number of aromatic nitrogens is 1. The van der Waals surface area contributed by atoms with Gasteiger partial charge in [-0.05, 0) is 31.2 Å². The van der Waals surface area contributed by atoms with Crippen molar-refractivity contribution >= 4 is 42.5 Å². The van der Waals surface area contributed by atoms with Crippen molar-refractivity contribution in [3.8, 4) is 0 Å². The molecule has 0 aliphatic heterocycles. The first-order valence-corrected chi connectivity index (χ1v) is 11.6. The van der Waals surface area contributed by atoms with Crippen molar-refractivity contribution in [2.45, 2.75) is 16.7 Å². The van der Waals surface area contributed by atoms with E-state index in [1.807, 2.05) is 12.1 Å². The zero-order chi connectivity index (χ0) is 17.7. The van der Waals surface area contributed by atoms with E-state index in [0.717, 1.165) is 10.3 Å². The van der Waals surface area contributed by atoms with E-state index < -0.39 is 10.0 Å². The molecule has 0 aliphatic carbocycles. The summed E-state index contributed by atoms with van der Waals surface area (Å²) in [6.45, 7) is 2.42. The normalized spacial score (nSPS) is 11.7. The highest BCUT2D eigenvalue weighted by atomic mass is 33.1. The molecule has 1 N–H and O–H groups in total. The van der Waals surface area contributed by atoms with E-state index in [2.05, 4.69) is 40.9 Å². The van der Waals surface area contributed by atoms with Gasteiger partial charge in [0.1, 0.15) is 4.90 Å². The van der Waals surface area contributed by atoms with Crippen LogP contribution in [0.2, 0.25) is 0 Å². The Morgan fingerprint density at radius 3 is 2.60 bits per heavy atom. The summed E-state index contributed by atoms with van der Waals surface area (Å²) in [5, 5.41) is 0.815. The van der Waals surface area contributed by atoms with Gasteiger partial charge in [0.05, 0.1) is 5.52 Å². The highest BCUT2D eigenvalue weighted by molar-refractivity contribution is 8.76. The fourth-order valence-electron chi connectivity index (χ4n) is 2.29. The minimum absolute atomic E-state index is 0.224. The lowest BCUT2D eigenvalue weighted by Crippen LogP contribution is -2.26. The Balaban J connectivity index is 1.57. The van der Waals surface area contributed by atoms with Crippen molar-refractivity contribution in [1.29, 1.82) is 0 Å². The molecule has 1 heterocycles. The Bertz CT molecular complexity index is 952. The molecular weight excluding hydrogens is 372 g/mol. The molecule has 3 aromatic rings. The molecule has 0 bridgehead atoms. The molecule has 7 heteroatoms. The average Bonchev–Trinajstić information content (AvgIpc) is 2.62. The fraction of sp³-hybridized carbons (Fsp3) is 0.167. The number of hydrogen-bond donors (Lipinski definition) is 1. The highest BCUT2D eigenvalue weighted by Crippen LogP contribution is 2.30. The largest absolute Gasteiger partial charge is 0.255 e. The van der Waals surface area contributed by atoms with Gasteiger partial charge in [0.25, 0.3) is 0 Å². The molecule has 0 saturated carbocycles. The second kappa shape index (κ2) is 8.23. The molecule has 25 heavy (non-hydrogen) atoms. The van der Waals surface area contributed by atoms with Crippen molar-refractivity contribution in [2.75, 3.05) is 12.3 Å². The number of benzene rings is 2. The van der Waals surface area contributed by atoms with E-state index in [1.54, 1.807) is 46.0 Å². The third-order valence-corrected chi connectivity index (χ3v) is 7.42. The van der Waals surface area contributed by atoms with Crippen molar-refractivity contribution < 1.29 is 8.42 Å². The van der Waals surface area contributed by atoms with Crippen LogP contribution in [0.3, 0.4) is 0 Å². The fourth-order valence-corrected chi connectivity index (χ4v) is 5.52. The van der Waals surface area contributed by atoms with Crippen LogP contribution in [0.5, 0.6) is 0 Å². The molecule has 0 aliphatic rings. The van der Waals surface area contributed by atoms with Gasteiger partial charge in [0.15, 0.2) is 0 Å². The number of aryl methyl sites for hydroxylation is 1. The first-order valence-electron chi connectivity index (χ1n) is 7.76. The summed E-state index contributed by atoms with van der Waals surface area (Å²) in [5.74, 6) is 0.677. The van der Waals surface area contributed by atoms with E-state index in [1.165, 1.54) is 5.56 Å². The molecular formula is C18H18N2O2S3. The second-order valence-electron chi connectivity index (χ2n) is 5.45. The predicted molar refractivity (Wildman–Crippen MR) is 106 cm³/mol. The van der Waals surface area contributed by atoms with Gasteiger partial charge in [0.2, 0.25) is 10.0 Å². The number of fused-ring (bicyclic) bond motifs is 1. The Morgan fingerprint density at radius 1 is 1.04 bits per heavy atom. The number of para-hydroxylation sites is 1. The van der Waals surface area contributed by atoms with Gasteiger partial charge in [-0.25, -0.2) is 13.1 Å². The van der Waals surface area contributed by atoms with Crippen molar-refractivity contribution in [2.24, 2.45) is 0 Å². The number of pyridine rings is 1. The maximum absolute atomic E-state index is 12.5. The summed E-state index contributed by atoms with van der Waals surface area (Å²) in [7, 11) is -0.299. The zero-order valence-corrected chi connectivity index (χ0v) is 16.1. The number of sulfonamides is 1. The summed E-state index contributed by atoms with van der Waals surface area (Å²) < 4.78 is 27.8. The highest BCUT2D eigenvalue weighted by Gasteiger charge is 2.17. The maximum atomic E-state index is 12.5. The third kappa shape index (κ3) is 4.76. The minimum Gasteiger partial charge on any atom is -0.255 e. The van der Waals surface area contributed by atoms with Crippen LogP contribution in [0.1, 0.15) is 5.56 Å². The molecule has 0 atom stereocenters. The van der Waals surface area contributed by atoms with Gasteiger partial charge < -0.3 is 0 Å². The molecule has 0 radical (unpaired) electrons. The molecule has 4 nitrogen and oxygen atoms in total. The average molecular weight is 391 g/mol. The number of rotatable bonds is 7. The number of hydrogen-bond acceptors (Lipinski definition) is 5. The van der Waals surface area contributed by atoms with Gasteiger partial charge in [-0.2, -0.15) is 0 Å². The monoisotopic (exact) mass is 390 g/mol. The first kappa shape index (κ1) is 18.3. The lowest BCUT2D eigenvalue weighted by molar-refractivity contribution is 0.585. The smallest absolute Gasteiger partial charge is 0.242 e. The van der Waals surface area contributed by atoms with Gasteiger partial charge in [0, 0.05) is 28.8 Å². The Kier molecular flexibility index (Phi) is 6.01. The van der Waals surface area contributed by atoms with E-state index >= 15 is 0 Å². The number of nitrogens with zero attached hydrogens (tertiary/aromatic N) is 1. The zero-order valence-electron chi connectivity index (χ0n) is 13.7. The van der Waals surface area contributed by atoms with Crippen LogP contribution in [0, 0.1) is 6.92 Å². The van der Waals surface area contributed by atoms with Crippen LogP contribution >= 0.6 is 21.6 Å². The molecule has 130 valence electrons. The lowest BCUT2D eigenvalue weighted by Gasteiger charge is -2.08. The number of nitrogens with one attached hydrogen (secondary N) is 1. The quantitative estimate of drug-likeness (QED) is 0.482. The van der Waals surface area contributed by atoms with E-state index in [4.69, 9.17) is 0 Å². The van der Waals surface area contributed by atoms with Gasteiger partial charge in [-0.15, -0.1) is 0 Å². The van der Waals surface area contributed by atoms with Crippen LogP contribution in [0.25, 0.3) is 10.9 Å². The lowest BCUT2D eigenvalue weighted by atomic mass is 10.2. The van der Waals surface area contributed by atoms with Gasteiger partial charge >= 0.3 is 0 Å². The molecule has 0 saturated heterocycles. The molecule has 2 aromatic carbocycles. The summed E-state index contributed by atoms with van der Waals surface area (Å²) in [5.41, 5.74) is 1.73. The Morgan fingerprint density at radius 2 is 1.80 bits per heavy atom. The standard InChI is InChI=1S/C18H18N2O2S3/c1-14-7-9-16(10-8-14)24-23-13-12-20-25(21,22)17-6-2-4-15-5-3-11-19-18(15)17/h2-11,20H,12-13H2,1H3. The summed E-state index contributed by atoms with van der Waals surface area (Å²) >= 11 is 0. The minimum atomic E-state index is -3.57. The van der Waals surface area contributed by atoms with Crippen LogP contribution < -0.4 is 4.72 Å². The van der Waals surface area contributed by atoms with E-state index in [-0.39, 0.29) is 4.90 Å². The van der Waals surface area contributed by atoms with Crippen LogP contribution in [0.4, 0.5) is 0 Å². The van der Waals surface area contributed by atoms with Crippen LogP contribution in [0.15, 0.2) is 70.6 Å². The second-order valence-corrected chi connectivity index (χ2v) is 9.67. The molecule has 0 unspecified atom stereocenters. The molecule has 1 aromatic heterocycles. The molecule has 0 fully saturated rings. The van der Waals surface area contributed by atoms with Gasteiger partial charge in [-0.3, -0.25) is 4.98 Å². The first-order chi connectivity index (χ1) is 12.1. The van der Waals surface area contributed by atoms with Crippen molar-refractivity contribution in [3.63, 3.8) is 0 Å². The third-order valence-electron chi connectivity index (χ3n) is 3.54. The SMILES string of the molecule is Cc1ccc(SSCCNS(=O)(=O)c2cccc3cccnc23)cc1. The Labute approximate surface area is 155 Å². The molecule has 3 rings (SSSR count). The topological polar surface area (TPSA) is 59.1 Å². The maximum Gasteiger partial charge on any atom is 0.242 e. The molecule has 0 amide bonds. The Hall–Kier alpha value is -1.54. The van der Waals surface area contributed by atoms with Gasteiger partial charge in [-0.1, -0.05) is 57.5 Å². The molecule has 0 spiro atoms. The summed E-state index contributed by atoms with van der Waals surface area (Å²) in [6.07, 6.45) is 1.61. The predicted octanol–water partition coefficient (Wildman–Crippen LogP) is 4.26. The van der Waals surface area contributed by atoms with E-state index in [0.29, 0.717) is 17.8 Å². The van der Waals surface area contributed by atoms with Crippen LogP contribution in [-0.2, 0) is 10.0 Å². The van der Waals surface area contributed by atoms with Crippen molar-refractivity contribution in [1.82, 2.24) is 9.71 Å². The summed E-state index contributed by atoms with van der Waals surface area (Å²) in [4.78, 5) is 5.60.